The van der Waals surface area contributed by atoms with E-state index >= 15 is 0 Å². The summed E-state index contributed by atoms with van der Waals surface area (Å²) in [6, 6.07) is 12.2. The normalized spacial score (nSPS) is 16.6. The van der Waals surface area contributed by atoms with Gasteiger partial charge in [0.05, 0.1) is 21.5 Å². The van der Waals surface area contributed by atoms with Gasteiger partial charge in [0.1, 0.15) is 0 Å². The highest BCUT2D eigenvalue weighted by atomic mass is 35.5. The molecule has 1 aliphatic heterocycles. The number of benzene rings is 2. The van der Waals surface area contributed by atoms with E-state index in [2.05, 4.69) is 12.2 Å². The molecule has 1 saturated heterocycles. The lowest BCUT2D eigenvalue weighted by Gasteiger charge is -2.21. The lowest BCUT2D eigenvalue weighted by atomic mass is 10.0. The van der Waals surface area contributed by atoms with Crippen LogP contribution in [0.15, 0.2) is 47.4 Å². The molecule has 1 atom stereocenters. The Morgan fingerprint density at radius 1 is 1.07 bits per heavy atom. The minimum atomic E-state index is -3.65. The molecule has 0 saturated carbocycles. The Kier molecular flexibility index (Phi) is 7.55. The highest BCUT2D eigenvalue weighted by Gasteiger charge is 2.27. The smallest absolute Gasteiger partial charge is 0.253 e. The molecule has 0 unspecified atom stereocenters. The lowest BCUT2D eigenvalue weighted by Crippen LogP contribution is -2.32. The molecular weight excluding hydrogens is 420 g/mol. The van der Waals surface area contributed by atoms with Gasteiger partial charge in [-0.2, -0.15) is 4.31 Å². The van der Waals surface area contributed by atoms with Gasteiger partial charge in [0.25, 0.3) is 5.91 Å². The van der Waals surface area contributed by atoms with Gasteiger partial charge in [0.15, 0.2) is 0 Å². The van der Waals surface area contributed by atoms with Crippen LogP contribution >= 0.6 is 11.6 Å². The van der Waals surface area contributed by atoms with E-state index in [-0.39, 0.29) is 27.4 Å². The summed E-state index contributed by atoms with van der Waals surface area (Å²) < 4.78 is 27.7. The van der Waals surface area contributed by atoms with E-state index in [0.29, 0.717) is 13.1 Å². The summed E-state index contributed by atoms with van der Waals surface area (Å²) >= 11 is 6.25. The van der Waals surface area contributed by atoms with Gasteiger partial charge in [-0.15, -0.1) is 0 Å². The van der Waals surface area contributed by atoms with Gasteiger partial charge in [-0.3, -0.25) is 4.79 Å². The van der Waals surface area contributed by atoms with E-state index < -0.39 is 10.0 Å². The number of hydrogen-bond acceptors (Lipinski definition) is 3. The van der Waals surface area contributed by atoms with Crippen LogP contribution in [0.25, 0.3) is 0 Å². The second kappa shape index (κ2) is 9.94. The van der Waals surface area contributed by atoms with Crippen molar-refractivity contribution < 1.29 is 13.2 Å². The fraction of sp³-hybridized carbons (Fsp3) is 0.435. The van der Waals surface area contributed by atoms with E-state index in [0.717, 1.165) is 37.7 Å². The monoisotopic (exact) mass is 448 g/mol. The Morgan fingerprint density at radius 3 is 2.30 bits per heavy atom. The topological polar surface area (TPSA) is 66.5 Å². The molecule has 2 aromatic carbocycles. The number of halogens is 1. The van der Waals surface area contributed by atoms with Crippen molar-refractivity contribution in [3.63, 3.8) is 0 Å². The first-order valence-electron chi connectivity index (χ1n) is 10.5. The van der Waals surface area contributed by atoms with Gasteiger partial charge >= 0.3 is 0 Å². The zero-order chi connectivity index (χ0) is 21.7. The summed E-state index contributed by atoms with van der Waals surface area (Å²) in [4.78, 5) is 13.0. The molecule has 1 fully saturated rings. The van der Waals surface area contributed by atoms with Crippen molar-refractivity contribution in [2.75, 3.05) is 13.1 Å². The Morgan fingerprint density at radius 2 is 1.70 bits per heavy atom. The van der Waals surface area contributed by atoms with E-state index in [1.54, 1.807) is 0 Å². The Balaban J connectivity index is 1.80. The predicted octanol–water partition coefficient (Wildman–Crippen LogP) is 4.96. The third-order valence-corrected chi connectivity index (χ3v) is 7.85. The van der Waals surface area contributed by atoms with Crippen LogP contribution in [-0.2, 0) is 16.4 Å². The zero-order valence-electron chi connectivity index (χ0n) is 17.5. The number of sulfonamides is 1. The summed E-state index contributed by atoms with van der Waals surface area (Å²) in [5.41, 5.74) is 2.38. The van der Waals surface area contributed by atoms with Crippen LogP contribution in [0.1, 0.15) is 67.1 Å². The Bertz CT molecular complexity index is 982. The maximum absolute atomic E-state index is 13.1. The number of carbonyl (C=O) groups excluding carboxylic acids is 1. The number of carbonyl (C=O) groups is 1. The van der Waals surface area contributed by atoms with Crippen LogP contribution < -0.4 is 5.32 Å². The van der Waals surface area contributed by atoms with Crippen LogP contribution in [0.4, 0.5) is 0 Å². The standard InChI is InChI=1S/C23H29ClN2O3S/c1-3-18-8-10-19(11-9-18)17(2)25-23(27)21-16-20(12-13-22(21)24)30(28,29)26-14-6-4-5-7-15-26/h8-13,16-17H,3-7,14-15H2,1-2H3,(H,25,27)/t17-/m0/s1. The van der Waals surface area contributed by atoms with Gasteiger partial charge in [0.2, 0.25) is 10.0 Å². The summed E-state index contributed by atoms with van der Waals surface area (Å²) in [6.07, 6.45) is 4.74. The average molecular weight is 449 g/mol. The van der Waals surface area contributed by atoms with E-state index in [1.807, 2.05) is 31.2 Å². The lowest BCUT2D eigenvalue weighted by molar-refractivity contribution is 0.0940. The van der Waals surface area contributed by atoms with Crippen molar-refractivity contribution >= 4 is 27.5 Å². The molecule has 0 spiro atoms. The minimum Gasteiger partial charge on any atom is -0.345 e. The zero-order valence-corrected chi connectivity index (χ0v) is 19.1. The first-order valence-corrected chi connectivity index (χ1v) is 12.3. The molecule has 0 aliphatic carbocycles. The second-order valence-electron chi connectivity index (χ2n) is 7.75. The van der Waals surface area contributed by atoms with Crippen LogP contribution in [0.3, 0.4) is 0 Å². The van der Waals surface area contributed by atoms with Gasteiger partial charge in [-0.25, -0.2) is 8.42 Å². The van der Waals surface area contributed by atoms with Crippen LogP contribution in [-0.4, -0.2) is 31.7 Å². The van der Waals surface area contributed by atoms with Crippen molar-refractivity contribution in [1.29, 1.82) is 0 Å². The fourth-order valence-electron chi connectivity index (χ4n) is 3.67. The number of aryl methyl sites for hydroxylation is 1. The molecule has 5 nitrogen and oxygen atoms in total. The number of hydrogen-bond donors (Lipinski definition) is 1. The third kappa shape index (κ3) is 5.23. The van der Waals surface area contributed by atoms with Crippen molar-refractivity contribution in [2.45, 2.75) is 56.9 Å². The van der Waals surface area contributed by atoms with Crippen LogP contribution in [0.2, 0.25) is 5.02 Å². The highest BCUT2D eigenvalue weighted by molar-refractivity contribution is 7.89. The first kappa shape index (κ1) is 22.8. The van der Waals surface area contributed by atoms with Crippen molar-refractivity contribution in [3.8, 4) is 0 Å². The van der Waals surface area contributed by atoms with Crippen molar-refractivity contribution in [1.82, 2.24) is 9.62 Å². The molecule has 0 radical (unpaired) electrons. The molecule has 1 N–H and O–H groups in total. The Labute approximate surface area is 184 Å². The molecule has 1 amide bonds. The average Bonchev–Trinajstić information content (AvgIpc) is 3.04. The van der Waals surface area contributed by atoms with E-state index in [4.69, 9.17) is 11.6 Å². The molecule has 1 aliphatic rings. The molecule has 0 bridgehead atoms. The Hall–Kier alpha value is -1.89. The largest absolute Gasteiger partial charge is 0.345 e. The molecule has 7 heteroatoms. The second-order valence-corrected chi connectivity index (χ2v) is 10.1. The maximum atomic E-state index is 13.1. The van der Waals surface area contributed by atoms with E-state index in [1.165, 1.54) is 28.1 Å². The highest BCUT2D eigenvalue weighted by Crippen LogP contribution is 2.25. The summed E-state index contributed by atoms with van der Waals surface area (Å²) in [6.45, 7) is 5.01. The van der Waals surface area contributed by atoms with Crippen LogP contribution in [0, 0.1) is 0 Å². The van der Waals surface area contributed by atoms with Gasteiger partial charge < -0.3 is 5.32 Å². The van der Waals surface area contributed by atoms with Gasteiger partial charge in [-0.05, 0) is 55.5 Å². The van der Waals surface area contributed by atoms with Gasteiger partial charge in [-0.1, -0.05) is 55.6 Å². The first-order chi connectivity index (χ1) is 14.3. The maximum Gasteiger partial charge on any atom is 0.253 e. The molecule has 3 rings (SSSR count). The molecule has 2 aromatic rings. The fourth-order valence-corrected chi connectivity index (χ4v) is 5.42. The molecular formula is C23H29ClN2O3S. The summed E-state index contributed by atoms with van der Waals surface area (Å²) in [5, 5.41) is 3.16. The molecule has 1 heterocycles. The minimum absolute atomic E-state index is 0.110. The third-order valence-electron chi connectivity index (χ3n) is 5.62. The van der Waals surface area contributed by atoms with Crippen LogP contribution in [0.5, 0.6) is 0 Å². The molecule has 162 valence electrons. The SMILES string of the molecule is CCc1ccc([C@H](C)NC(=O)c2cc(S(=O)(=O)N3CCCCCC3)ccc2Cl)cc1. The predicted molar refractivity (Wildman–Crippen MR) is 120 cm³/mol. The quantitative estimate of drug-likeness (QED) is 0.679. The number of nitrogens with one attached hydrogen (secondary N) is 1. The number of nitrogens with zero attached hydrogens (tertiary/aromatic N) is 1. The summed E-state index contributed by atoms with van der Waals surface area (Å²) in [5.74, 6) is -0.389. The van der Waals surface area contributed by atoms with Crippen molar-refractivity contribution in [2.24, 2.45) is 0 Å². The van der Waals surface area contributed by atoms with Crippen molar-refractivity contribution in [3.05, 3.63) is 64.2 Å². The molecule has 30 heavy (non-hydrogen) atoms. The number of amides is 1. The molecule has 0 aromatic heterocycles. The number of rotatable bonds is 6. The summed E-state index contributed by atoms with van der Waals surface area (Å²) in [7, 11) is -3.65. The van der Waals surface area contributed by atoms with Gasteiger partial charge in [0, 0.05) is 13.1 Å². The van der Waals surface area contributed by atoms with E-state index in [9.17, 15) is 13.2 Å².